The standard InChI is InChI=1S/C68H55N/c1-67(2)64-46-51(40-44-59(64)60-45-43-57(47-65(60)67)69(55-22-11-5-12-23-55)56-24-13-6-14-25-56)37-36-49-32-30-48(31-33-49)34-35-50-38-41-52(42-39-50)58-27-17-29-63-66(58)61-26-15-16-28-62(61)68(63,53-18-7-3-8-19-53)54-20-9-4-10-21-54/h3-14,16-25,27-42,44-47,57H,15,26,43H2,1-2H3/b35-34+,37-36+. The molecule has 4 aliphatic carbocycles. The van der Waals surface area contributed by atoms with Gasteiger partial charge in [0.1, 0.15) is 0 Å². The van der Waals surface area contributed by atoms with Crippen LogP contribution in [0, 0.1) is 0 Å². The average molecular weight is 886 g/mol. The molecule has 0 spiro atoms. The number of fused-ring (bicyclic) bond motifs is 5. The molecule has 4 aliphatic rings. The van der Waals surface area contributed by atoms with E-state index in [0.29, 0.717) is 0 Å². The van der Waals surface area contributed by atoms with Crippen LogP contribution in [0.3, 0.4) is 0 Å². The van der Waals surface area contributed by atoms with Crippen molar-refractivity contribution in [2.75, 3.05) is 4.90 Å². The van der Waals surface area contributed by atoms with E-state index in [1.54, 1.807) is 0 Å². The first-order chi connectivity index (χ1) is 34.0. The summed E-state index contributed by atoms with van der Waals surface area (Å²) in [6, 6.07) is 76.1. The first kappa shape index (κ1) is 42.4. The largest absolute Gasteiger partial charge is 0.334 e. The number of nitrogens with zero attached hydrogens (tertiary/aromatic N) is 1. The zero-order valence-corrected chi connectivity index (χ0v) is 39.4. The molecule has 0 heterocycles. The molecule has 0 aromatic heterocycles. The van der Waals surface area contributed by atoms with Gasteiger partial charge >= 0.3 is 0 Å². The summed E-state index contributed by atoms with van der Waals surface area (Å²) in [4.78, 5) is 2.49. The summed E-state index contributed by atoms with van der Waals surface area (Å²) in [7, 11) is 0. The fourth-order valence-electron chi connectivity index (χ4n) is 11.8. The summed E-state index contributed by atoms with van der Waals surface area (Å²) in [5, 5.41) is 0. The van der Waals surface area contributed by atoms with E-state index in [1.807, 2.05) is 0 Å². The molecule has 1 heteroatoms. The van der Waals surface area contributed by atoms with Crippen LogP contribution in [0.4, 0.5) is 11.4 Å². The molecule has 1 atom stereocenters. The molecule has 69 heavy (non-hydrogen) atoms. The van der Waals surface area contributed by atoms with Crippen LogP contribution in [0.25, 0.3) is 46.6 Å². The maximum absolute atomic E-state index is 2.54. The van der Waals surface area contributed by atoms with Gasteiger partial charge in [-0.05, 0) is 133 Å². The Morgan fingerprint density at radius 2 is 1.04 bits per heavy atom. The van der Waals surface area contributed by atoms with Crippen molar-refractivity contribution in [1.82, 2.24) is 0 Å². The van der Waals surface area contributed by atoms with E-state index in [1.165, 1.54) is 100 Å². The molecular formula is C68H55N. The van der Waals surface area contributed by atoms with Crippen LogP contribution in [0.2, 0.25) is 0 Å². The second-order valence-corrected chi connectivity index (χ2v) is 19.5. The molecule has 8 aromatic rings. The molecule has 0 saturated carbocycles. The van der Waals surface area contributed by atoms with Gasteiger partial charge in [0.15, 0.2) is 0 Å². The zero-order chi connectivity index (χ0) is 46.4. The summed E-state index contributed by atoms with van der Waals surface area (Å²) < 4.78 is 0. The minimum Gasteiger partial charge on any atom is -0.334 e. The lowest BCUT2D eigenvalue weighted by Gasteiger charge is -2.35. The molecule has 0 radical (unpaired) electrons. The van der Waals surface area contributed by atoms with Crippen molar-refractivity contribution in [3.8, 4) is 11.1 Å². The van der Waals surface area contributed by atoms with Crippen LogP contribution < -0.4 is 4.90 Å². The third-order valence-corrected chi connectivity index (χ3v) is 15.1. The van der Waals surface area contributed by atoms with Crippen molar-refractivity contribution in [2.45, 2.75) is 50.0 Å². The van der Waals surface area contributed by atoms with E-state index in [2.05, 4.69) is 274 Å². The lowest BCUT2D eigenvalue weighted by Crippen LogP contribution is -2.32. The Morgan fingerprint density at radius 3 is 1.64 bits per heavy atom. The Bertz CT molecular complexity index is 3300. The number of hydrogen-bond donors (Lipinski definition) is 0. The van der Waals surface area contributed by atoms with Crippen LogP contribution in [-0.2, 0) is 10.8 Å². The van der Waals surface area contributed by atoms with Crippen molar-refractivity contribution in [3.63, 3.8) is 0 Å². The van der Waals surface area contributed by atoms with E-state index in [0.717, 1.165) is 19.3 Å². The molecule has 8 aromatic carbocycles. The van der Waals surface area contributed by atoms with E-state index in [4.69, 9.17) is 0 Å². The summed E-state index contributed by atoms with van der Waals surface area (Å²) >= 11 is 0. The van der Waals surface area contributed by atoms with E-state index in [9.17, 15) is 0 Å². The predicted molar refractivity (Wildman–Crippen MR) is 293 cm³/mol. The highest BCUT2D eigenvalue weighted by atomic mass is 15.2. The Balaban J connectivity index is 0.761. The first-order valence-electron chi connectivity index (χ1n) is 24.7. The number of para-hydroxylation sites is 2. The molecular weight excluding hydrogens is 831 g/mol. The van der Waals surface area contributed by atoms with Crippen molar-refractivity contribution < 1.29 is 0 Å². The molecule has 0 saturated heterocycles. The molecule has 1 unspecified atom stereocenters. The van der Waals surface area contributed by atoms with Gasteiger partial charge in [-0.3, -0.25) is 0 Å². The van der Waals surface area contributed by atoms with Gasteiger partial charge in [0.05, 0.1) is 11.5 Å². The van der Waals surface area contributed by atoms with Crippen LogP contribution in [-0.4, -0.2) is 6.04 Å². The minimum atomic E-state index is -0.358. The van der Waals surface area contributed by atoms with E-state index < -0.39 is 0 Å². The number of rotatable bonds is 10. The zero-order valence-electron chi connectivity index (χ0n) is 39.4. The van der Waals surface area contributed by atoms with Crippen molar-refractivity contribution in [2.24, 2.45) is 0 Å². The van der Waals surface area contributed by atoms with Gasteiger partial charge in [-0.1, -0.05) is 244 Å². The van der Waals surface area contributed by atoms with E-state index in [-0.39, 0.29) is 16.9 Å². The van der Waals surface area contributed by atoms with Crippen LogP contribution in [0.5, 0.6) is 0 Å². The van der Waals surface area contributed by atoms with Crippen LogP contribution in [0.15, 0.2) is 242 Å². The highest BCUT2D eigenvalue weighted by Crippen LogP contribution is 2.59. The number of hydrogen-bond acceptors (Lipinski definition) is 1. The van der Waals surface area contributed by atoms with Gasteiger partial charge in [0, 0.05) is 16.8 Å². The van der Waals surface area contributed by atoms with Gasteiger partial charge in [0.2, 0.25) is 0 Å². The lowest BCUT2D eigenvalue weighted by atomic mass is 9.66. The molecule has 0 aliphatic heterocycles. The monoisotopic (exact) mass is 885 g/mol. The van der Waals surface area contributed by atoms with Gasteiger partial charge < -0.3 is 4.90 Å². The summed E-state index contributed by atoms with van der Waals surface area (Å²) in [6.45, 7) is 4.78. The second kappa shape index (κ2) is 17.6. The fourth-order valence-corrected chi connectivity index (χ4v) is 11.8. The van der Waals surface area contributed by atoms with Crippen molar-refractivity contribution in [1.29, 1.82) is 0 Å². The number of allylic oxidation sites excluding steroid dienone is 6. The van der Waals surface area contributed by atoms with Gasteiger partial charge in [0.25, 0.3) is 0 Å². The Kier molecular flexibility index (Phi) is 10.8. The van der Waals surface area contributed by atoms with Gasteiger partial charge in [-0.2, -0.15) is 0 Å². The van der Waals surface area contributed by atoms with Crippen molar-refractivity contribution in [3.05, 3.63) is 297 Å². The Hall–Kier alpha value is -8.00. The summed E-state index contributed by atoms with van der Waals surface area (Å²) in [6.07, 6.45) is 21.8. The van der Waals surface area contributed by atoms with Crippen LogP contribution in [0.1, 0.15) is 88.7 Å². The summed E-state index contributed by atoms with van der Waals surface area (Å²) in [5.41, 5.74) is 23.2. The molecule has 0 fully saturated rings. The first-order valence-corrected chi connectivity index (χ1v) is 24.7. The Morgan fingerprint density at radius 1 is 0.507 bits per heavy atom. The molecule has 0 amide bonds. The fraction of sp³-hybridized carbons (Fsp3) is 0.118. The highest BCUT2D eigenvalue weighted by molar-refractivity contribution is 5.95. The van der Waals surface area contributed by atoms with Gasteiger partial charge in [-0.25, -0.2) is 0 Å². The smallest absolute Gasteiger partial charge is 0.0710 e. The molecule has 0 bridgehead atoms. The molecule has 332 valence electrons. The third kappa shape index (κ3) is 7.41. The van der Waals surface area contributed by atoms with E-state index >= 15 is 0 Å². The predicted octanol–water partition coefficient (Wildman–Crippen LogP) is 17.4. The van der Waals surface area contributed by atoms with Gasteiger partial charge in [-0.15, -0.1) is 0 Å². The quantitative estimate of drug-likeness (QED) is 0.124. The molecule has 1 nitrogen and oxygen atoms in total. The number of anilines is 2. The SMILES string of the molecule is CC1(C)C2=CC(N(c3ccccc3)c3ccccc3)CC=C2c2ccc(/C=C/c3ccc(/C=C/c4ccc(-c5cccc6c5C5=C(C=CCC5)C6(c5ccccc5)c5ccccc5)cc4)cc3)cc21. The average Bonchev–Trinajstić information content (AvgIpc) is 3.84. The topological polar surface area (TPSA) is 3.24 Å². The van der Waals surface area contributed by atoms with Crippen LogP contribution >= 0.6 is 0 Å². The Labute approximate surface area is 408 Å². The summed E-state index contributed by atoms with van der Waals surface area (Å²) in [5.74, 6) is 0. The van der Waals surface area contributed by atoms with Crippen molar-refractivity contribution >= 4 is 46.8 Å². The second-order valence-electron chi connectivity index (χ2n) is 19.5. The maximum Gasteiger partial charge on any atom is 0.0710 e. The third-order valence-electron chi connectivity index (χ3n) is 15.1. The molecule has 0 N–H and O–H groups in total. The lowest BCUT2D eigenvalue weighted by molar-refractivity contribution is 0.644. The molecule has 12 rings (SSSR count). The maximum atomic E-state index is 2.54. The highest BCUT2D eigenvalue weighted by Gasteiger charge is 2.48. The minimum absolute atomic E-state index is 0.106. The number of benzene rings is 8. The normalized spacial score (nSPS) is 17.3.